The highest BCUT2D eigenvalue weighted by molar-refractivity contribution is 5.94. The van der Waals surface area contributed by atoms with Crippen LogP contribution in [0.1, 0.15) is 81.9 Å². The number of piperidine rings is 1. The van der Waals surface area contributed by atoms with Crippen molar-refractivity contribution >= 4 is 17.7 Å². The van der Waals surface area contributed by atoms with E-state index in [1.165, 1.54) is 4.74 Å². The van der Waals surface area contributed by atoms with Gasteiger partial charge < -0.3 is 26.2 Å². The molecule has 44 heavy (non-hydrogen) atoms. The summed E-state index contributed by atoms with van der Waals surface area (Å²) in [5.74, 6) is -1.22. The number of hydrogen-bond donors (Lipinski definition) is 3. The van der Waals surface area contributed by atoms with Crippen LogP contribution in [0.2, 0.25) is 0 Å². The summed E-state index contributed by atoms with van der Waals surface area (Å²) in [7, 11) is 0. The number of benzene rings is 2. The Morgan fingerprint density at radius 3 is 2.23 bits per heavy atom. The van der Waals surface area contributed by atoms with Crippen molar-refractivity contribution in [3.63, 3.8) is 0 Å². The second-order valence-corrected chi connectivity index (χ2v) is 13.0. The Labute approximate surface area is 253 Å². The van der Waals surface area contributed by atoms with E-state index in [0.717, 1.165) is 28.7 Å². The van der Waals surface area contributed by atoms with Gasteiger partial charge in [-0.05, 0) is 98.4 Å². The molecule has 1 saturated heterocycles. The summed E-state index contributed by atoms with van der Waals surface area (Å²) in [6, 6.07) is 12.2. The largest absolute Gasteiger partial charge is 0.459 e. The van der Waals surface area contributed by atoms with Gasteiger partial charge in [0.15, 0.2) is 5.82 Å². The van der Waals surface area contributed by atoms with E-state index >= 15 is 0 Å². The highest BCUT2D eigenvalue weighted by Crippen LogP contribution is 2.52. The van der Waals surface area contributed by atoms with E-state index in [2.05, 4.69) is 16.4 Å². The van der Waals surface area contributed by atoms with Crippen LogP contribution < -0.4 is 22.5 Å². The molecule has 0 radical (unpaired) electrons. The van der Waals surface area contributed by atoms with Crippen LogP contribution in [-0.4, -0.2) is 57.0 Å². The zero-order valence-electron chi connectivity index (χ0n) is 24.5. The van der Waals surface area contributed by atoms with Gasteiger partial charge in [0.05, 0.1) is 23.6 Å². The fourth-order valence-corrected chi connectivity index (χ4v) is 7.89. The van der Waals surface area contributed by atoms with Gasteiger partial charge in [-0.3, -0.25) is 14.4 Å². The first kappa shape index (κ1) is 28.0. The fraction of sp³-hybridized carbons (Fsp3) is 0.438. The normalized spacial score (nSPS) is 25.2. The molecule has 2 aliphatic heterocycles. The molecule has 2 aromatic carbocycles. The number of hydrogen-bond acceptors (Lipinski definition) is 8. The number of nitrogens with zero attached hydrogens (tertiary/aromatic N) is 4. The minimum absolute atomic E-state index is 0.000774. The lowest BCUT2D eigenvalue weighted by molar-refractivity contribution is -0.131. The molecule has 1 spiro atoms. The summed E-state index contributed by atoms with van der Waals surface area (Å²) in [5, 5.41) is 13.1. The highest BCUT2D eigenvalue weighted by Gasteiger charge is 2.57. The van der Waals surface area contributed by atoms with Crippen LogP contribution in [-0.2, 0) is 28.6 Å². The van der Waals surface area contributed by atoms with Gasteiger partial charge >= 0.3 is 5.76 Å². The van der Waals surface area contributed by atoms with Crippen LogP contribution in [0.25, 0.3) is 0 Å². The molecule has 2 aliphatic carbocycles. The number of carbonyl (C=O) groups excluding carboxylic acids is 3. The Balaban J connectivity index is 1.39. The second-order valence-electron chi connectivity index (χ2n) is 13.0. The lowest BCUT2D eigenvalue weighted by Gasteiger charge is -2.48. The van der Waals surface area contributed by atoms with Crippen molar-refractivity contribution < 1.29 is 18.9 Å². The number of aryl methyl sites for hydroxylation is 2. The first-order valence-electron chi connectivity index (χ1n) is 14.9. The zero-order chi connectivity index (χ0) is 31.1. The molecule has 2 fully saturated rings. The molecule has 7 rings (SSSR count). The highest BCUT2D eigenvalue weighted by atomic mass is 16.5. The average Bonchev–Trinajstić information content (AvgIpc) is 3.50. The van der Waals surface area contributed by atoms with E-state index < -0.39 is 40.6 Å². The van der Waals surface area contributed by atoms with E-state index in [1.54, 1.807) is 29.2 Å². The quantitative estimate of drug-likeness (QED) is 0.390. The smallest absolute Gasteiger partial charge is 0.366 e. The van der Waals surface area contributed by atoms with E-state index in [0.29, 0.717) is 48.6 Å². The Morgan fingerprint density at radius 1 is 1.05 bits per heavy atom. The molecule has 0 bridgehead atoms. The summed E-state index contributed by atoms with van der Waals surface area (Å²) >= 11 is 0. The van der Waals surface area contributed by atoms with Crippen molar-refractivity contribution in [2.24, 2.45) is 17.4 Å². The Hall–Kier alpha value is -4.76. The number of primary amides is 2. The molecule has 12 heteroatoms. The third kappa shape index (κ3) is 4.02. The molecule has 3 heterocycles. The number of nitriles is 1. The molecule has 226 valence electrons. The van der Waals surface area contributed by atoms with Gasteiger partial charge in [-0.2, -0.15) is 15.0 Å². The molecule has 1 saturated carbocycles. The van der Waals surface area contributed by atoms with E-state index in [-0.39, 0.29) is 18.5 Å². The van der Waals surface area contributed by atoms with Crippen molar-refractivity contribution in [3.05, 3.63) is 86.2 Å². The second kappa shape index (κ2) is 9.62. The Morgan fingerprint density at radius 2 is 1.66 bits per heavy atom. The molecule has 12 nitrogen and oxygen atoms in total. The van der Waals surface area contributed by atoms with E-state index in [4.69, 9.17) is 16.0 Å². The maximum absolute atomic E-state index is 13.5. The van der Waals surface area contributed by atoms with Crippen molar-refractivity contribution in [3.8, 4) is 6.07 Å². The van der Waals surface area contributed by atoms with Crippen LogP contribution in [0.15, 0.2) is 45.7 Å². The standard InChI is InChI=1S/C32H33N7O5/c1-31(2)25(36-15-26(40)38-21(14-33)11-20-12-24(20)38)13-32(29-37-30(43)44-39(29)31)22-7-5-18(27(34)41)9-16(22)3-4-17-10-19(28(35)42)6-8-23(17)32/h5-10,20-21,24-25,36H,3-4,11-13,15H2,1-2H3,(H2,34,41)(H2,35,42)/t20-,21?,24+,25-/m1/s1. The van der Waals surface area contributed by atoms with Gasteiger partial charge in [-0.1, -0.05) is 12.1 Å². The first-order chi connectivity index (χ1) is 20.9. The lowest BCUT2D eigenvalue weighted by Crippen LogP contribution is -2.59. The monoisotopic (exact) mass is 595 g/mol. The number of fused-ring (bicyclic) bond motifs is 7. The van der Waals surface area contributed by atoms with Crippen molar-refractivity contribution in [2.75, 3.05) is 6.54 Å². The average molecular weight is 596 g/mol. The molecule has 1 aromatic heterocycles. The van der Waals surface area contributed by atoms with Crippen LogP contribution in [0.5, 0.6) is 0 Å². The van der Waals surface area contributed by atoms with Crippen molar-refractivity contribution in [1.29, 1.82) is 5.26 Å². The van der Waals surface area contributed by atoms with Gasteiger partial charge in [0.2, 0.25) is 17.7 Å². The Bertz CT molecular complexity index is 1780. The molecular weight excluding hydrogens is 562 g/mol. The van der Waals surface area contributed by atoms with Gasteiger partial charge in [0, 0.05) is 23.2 Å². The zero-order valence-corrected chi connectivity index (χ0v) is 24.5. The summed E-state index contributed by atoms with van der Waals surface area (Å²) in [5.41, 5.74) is 13.5. The third-order valence-corrected chi connectivity index (χ3v) is 10.2. The molecule has 5 N–H and O–H groups in total. The molecule has 1 unspecified atom stereocenters. The number of aromatic nitrogens is 2. The number of nitrogens with two attached hydrogens (primary N) is 2. The van der Waals surface area contributed by atoms with Crippen LogP contribution >= 0.6 is 0 Å². The number of amides is 3. The minimum atomic E-state index is -1.06. The van der Waals surface area contributed by atoms with Crippen LogP contribution in [0.3, 0.4) is 0 Å². The topological polar surface area (TPSA) is 190 Å². The summed E-state index contributed by atoms with van der Waals surface area (Å²) in [4.78, 5) is 56.9. The predicted octanol–water partition coefficient (Wildman–Crippen LogP) is 1.08. The van der Waals surface area contributed by atoms with Gasteiger partial charge in [-0.25, -0.2) is 4.79 Å². The Kier molecular flexibility index (Phi) is 6.13. The number of nitrogens with one attached hydrogen (secondary N) is 1. The van der Waals surface area contributed by atoms with Crippen molar-refractivity contribution in [1.82, 2.24) is 19.9 Å². The fourth-order valence-electron chi connectivity index (χ4n) is 7.89. The van der Waals surface area contributed by atoms with Gasteiger partial charge in [0.25, 0.3) is 0 Å². The number of carbonyl (C=O) groups is 3. The summed E-state index contributed by atoms with van der Waals surface area (Å²) < 4.78 is 7.30. The van der Waals surface area contributed by atoms with Crippen LogP contribution in [0.4, 0.5) is 0 Å². The van der Waals surface area contributed by atoms with Gasteiger partial charge in [0.1, 0.15) is 6.04 Å². The predicted molar refractivity (Wildman–Crippen MR) is 156 cm³/mol. The lowest BCUT2D eigenvalue weighted by atomic mass is 9.63. The van der Waals surface area contributed by atoms with Crippen molar-refractivity contribution in [2.45, 2.75) is 75.0 Å². The van der Waals surface area contributed by atoms with Crippen LogP contribution in [0, 0.1) is 17.2 Å². The number of likely N-dealkylation sites (tertiary alicyclic amines) is 1. The molecule has 3 amide bonds. The minimum Gasteiger partial charge on any atom is -0.366 e. The third-order valence-electron chi connectivity index (χ3n) is 10.2. The number of rotatable bonds is 5. The SMILES string of the molecule is CC1(C)[C@H](NCC(=O)N2C(C#N)C[C@@H]3C[C@@H]32)CC2(c3ccc(C(N)=O)cc3CCc3cc(C(N)=O)ccc32)c2nc(=O)on21. The maximum Gasteiger partial charge on any atom is 0.459 e. The molecule has 4 atom stereocenters. The molecular formula is C32H33N7O5. The summed E-state index contributed by atoms with van der Waals surface area (Å²) in [6.07, 6.45) is 3.08. The van der Waals surface area contributed by atoms with E-state index in [9.17, 15) is 24.4 Å². The first-order valence-corrected chi connectivity index (χ1v) is 14.9. The maximum atomic E-state index is 13.5. The van der Waals surface area contributed by atoms with Gasteiger partial charge in [-0.15, -0.1) is 0 Å². The van der Waals surface area contributed by atoms with E-state index in [1.807, 2.05) is 26.0 Å². The molecule has 4 aliphatic rings. The molecule has 3 aromatic rings. The summed E-state index contributed by atoms with van der Waals surface area (Å²) in [6.45, 7) is 3.85.